The summed E-state index contributed by atoms with van der Waals surface area (Å²) in [5.74, 6) is 0. The zero-order valence-electron chi connectivity index (χ0n) is 9.31. The van der Waals surface area contributed by atoms with Crippen LogP contribution >= 0.6 is 0 Å². The number of nitrogens with zero attached hydrogens (tertiary/aromatic N) is 1. The third-order valence-corrected chi connectivity index (χ3v) is 2.00. The molecule has 0 saturated heterocycles. The molecule has 0 aliphatic heterocycles. The number of rotatable bonds is 2. The lowest BCUT2D eigenvalue weighted by Crippen LogP contribution is -1.81. The van der Waals surface area contributed by atoms with E-state index in [-0.39, 0.29) is 0 Å². The van der Waals surface area contributed by atoms with Crippen molar-refractivity contribution in [2.75, 3.05) is 0 Å². The average Bonchev–Trinajstić information content (AvgIpc) is 2.72. The number of aromatic amines is 1. The van der Waals surface area contributed by atoms with Gasteiger partial charge in [0.1, 0.15) is 0 Å². The Balaban J connectivity index is 0.000000606. The van der Waals surface area contributed by atoms with Gasteiger partial charge in [0, 0.05) is 28.7 Å². The van der Waals surface area contributed by atoms with Crippen LogP contribution < -0.4 is 0 Å². The van der Waals surface area contributed by atoms with Gasteiger partial charge in [0.05, 0.1) is 4.92 Å². The molecule has 0 atom stereocenters. The quantitative estimate of drug-likeness (QED) is 0.620. The third-order valence-electron chi connectivity index (χ3n) is 2.00. The Hall–Kier alpha value is -2.10. The first kappa shape index (κ1) is 12.0. The summed E-state index contributed by atoms with van der Waals surface area (Å²) in [5.41, 5.74) is 1.81. The molecule has 84 valence electrons. The van der Waals surface area contributed by atoms with Crippen molar-refractivity contribution in [3.63, 3.8) is 0 Å². The largest absolute Gasteiger partial charge is 0.361 e. The van der Waals surface area contributed by atoms with Crippen molar-refractivity contribution in [1.29, 1.82) is 0 Å². The summed E-state index contributed by atoms with van der Waals surface area (Å²) < 4.78 is 0. The molecule has 0 saturated carbocycles. The fourth-order valence-electron chi connectivity index (χ4n) is 1.37. The highest BCUT2D eigenvalue weighted by Crippen LogP contribution is 2.18. The van der Waals surface area contributed by atoms with Crippen molar-refractivity contribution >= 4 is 17.0 Å². The minimum atomic E-state index is -0.470. The minimum absolute atomic E-state index is 0.470. The maximum absolute atomic E-state index is 10.1. The molecule has 1 aromatic heterocycles. The van der Waals surface area contributed by atoms with Gasteiger partial charge >= 0.3 is 0 Å². The summed E-state index contributed by atoms with van der Waals surface area (Å²) in [6, 6.07) is 7.67. The van der Waals surface area contributed by atoms with Gasteiger partial charge in [-0.3, -0.25) is 10.1 Å². The lowest BCUT2D eigenvalue weighted by molar-refractivity contribution is -0.400. The molecule has 0 aliphatic carbocycles. The number of H-pyrrole nitrogens is 1. The number of fused-ring (bicyclic) bond motifs is 1. The van der Waals surface area contributed by atoms with Crippen molar-refractivity contribution in [2.24, 2.45) is 0 Å². The molecule has 2 rings (SSSR count). The smallest absolute Gasteiger partial charge is 0.235 e. The molecule has 16 heavy (non-hydrogen) atoms. The molecule has 4 heteroatoms. The number of hydrogen-bond donors (Lipinski definition) is 1. The summed E-state index contributed by atoms with van der Waals surface area (Å²) in [5, 5.41) is 11.1. The first-order chi connectivity index (χ1) is 7.77. The fraction of sp³-hybridized carbons (Fsp3) is 0.167. The molecule has 1 heterocycles. The first-order valence-electron chi connectivity index (χ1n) is 5.15. The van der Waals surface area contributed by atoms with E-state index in [4.69, 9.17) is 0 Å². The van der Waals surface area contributed by atoms with E-state index in [1.807, 2.05) is 38.1 Å². The van der Waals surface area contributed by atoms with Crippen molar-refractivity contribution in [3.05, 3.63) is 52.3 Å². The van der Waals surface area contributed by atoms with Crippen LogP contribution in [0.1, 0.15) is 19.4 Å². The second kappa shape index (κ2) is 5.70. The second-order valence-electron chi connectivity index (χ2n) is 2.89. The van der Waals surface area contributed by atoms with E-state index in [1.165, 1.54) is 6.08 Å². The number of para-hydroxylation sites is 1. The van der Waals surface area contributed by atoms with Gasteiger partial charge in [-0.05, 0) is 6.07 Å². The maximum atomic E-state index is 10.1. The molecule has 0 bridgehead atoms. The summed E-state index contributed by atoms with van der Waals surface area (Å²) in [4.78, 5) is 12.7. The van der Waals surface area contributed by atoms with Crippen molar-refractivity contribution in [2.45, 2.75) is 13.8 Å². The van der Waals surface area contributed by atoms with E-state index < -0.39 is 4.92 Å². The number of nitrogens with one attached hydrogen (secondary N) is 1. The summed E-state index contributed by atoms with van der Waals surface area (Å²) in [6.07, 6.45) is 4.18. The van der Waals surface area contributed by atoms with Crippen LogP contribution in [0.4, 0.5) is 0 Å². The summed E-state index contributed by atoms with van der Waals surface area (Å²) in [6.45, 7) is 4.00. The van der Waals surface area contributed by atoms with Crippen LogP contribution in [0.3, 0.4) is 0 Å². The van der Waals surface area contributed by atoms with Gasteiger partial charge in [-0.15, -0.1) is 0 Å². The zero-order chi connectivity index (χ0) is 12.0. The molecule has 0 fully saturated rings. The molecule has 0 radical (unpaired) electrons. The number of benzene rings is 1. The SMILES string of the molecule is CC.O=[N+]([O-])/C=C/c1c[nH]c2ccccc12. The van der Waals surface area contributed by atoms with Gasteiger partial charge in [0.2, 0.25) is 6.20 Å². The standard InChI is InChI=1S/C10H8N2O2.C2H6/c13-12(14)6-5-8-7-11-10-4-2-1-3-9(8)10;1-2/h1-7,11H;1-2H3/b6-5+;. The Morgan fingerprint density at radius 1 is 1.31 bits per heavy atom. The average molecular weight is 218 g/mol. The molecular weight excluding hydrogens is 204 g/mol. The first-order valence-corrected chi connectivity index (χ1v) is 5.15. The molecule has 1 N–H and O–H groups in total. The third kappa shape index (κ3) is 2.70. The second-order valence-corrected chi connectivity index (χ2v) is 2.89. The highest BCUT2D eigenvalue weighted by Gasteiger charge is 1.99. The Kier molecular flexibility index (Phi) is 4.27. The van der Waals surface area contributed by atoms with Gasteiger partial charge in [0.15, 0.2) is 0 Å². The Morgan fingerprint density at radius 2 is 2.00 bits per heavy atom. The molecule has 0 unspecified atom stereocenters. The van der Waals surface area contributed by atoms with Gasteiger partial charge < -0.3 is 4.98 Å². The monoisotopic (exact) mass is 218 g/mol. The van der Waals surface area contributed by atoms with Gasteiger partial charge in [-0.1, -0.05) is 32.0 Å². The van der Waals surface area contributed by atoms with E-state index in [9.17, 15) is 10.1 Å². The number of aromatic nitrogens is 1. The van der Waals surface area contributed by atoms with Crippen molar-refractivity contribution in [3.8, 4) is 0 Å². The maximum Gasteiger partial charge on any atom is 0.235 e. The fourth-order valence-corrected chi connectivity index (χ4v) is 1.37. The molecule has 4 nitrogen and oxygen atoms in total. The van der Waals surface area contributed by atoms with Crippen LogP contribution in [0.2, 0.25) is 0 Å². The topological polar surface area (TPSA) is 58.9 Å². The Morgan fingerprint density at radius 3 is 2.69 bits per heavy atom. The van der Waals surface area contributed by atoms with E-state index in [1.54, 1.807) is 6.20 Å². The predicted octanol–water partition coefficient (Wildman–Crippen LogP) is 3.44. The van der Waals surface area contributed by atoms with E-state index in [2.05, 4.69) is 4.98 Å². The summed E-state index contributed by atoms with van der Waals surface area (Å²) in [7, 11) is 0. The predicted molar refractivity (Wildman–Crippen MR) is 65.7 cm³/mol. The van der Waals surface area contributed by atoms with Crippen LogP contribution in [0.5, 0.6) is 0 Å². The summed E-state index contributed by atoms with van der Waals surface area (Å²) >= 11 is 0. The normalized spacial score (nSPS) is 10.1. The number of nitro groups is 1. The molecule has 0 amide bonds. The van der Waals surface area contributed by atoms with Crippen LogP contribution in [-0.4, -0.2) is 9.91 Å². The number of hydrogen-bond acceptors (Lipinski definition) is 2. The van der Waals surface area contributed by atoms with E-state index in [0.29, 0.717) is 0 Å². The lowest BCUT2D eigenvalue weighted by Gasteiger charge is -1.88. The highest BCUT2D eigenvalue weighted by molar-refractivity contribution is 5.88. The lowest BCUT2D eigenvalue weighted by atomic mass is 10.2. The van der Waals surface area contributed by atoms with Crippen LogP contribution in [0, 0.1) is 10.1 Å². The van der Waals surface area contributed by atoms with Crippen LogP contribution in [0.25, 0.3) is 17.0 Å². The molecular formula is C12H14N2O2. The van der Waals surface area contributed by atoms with Gasteiger partial charge in [-0.25, -0.2) is 0 Å². The highest BCUT2D eigenvalue weighted by atomic mass is 16.6. The van der Waals surface area contributed by atoms with Gasteiger partial charge in [0.25, 0.3) is 0 Å². The minimum Gasteiger partial charge on any atom is -0.361 e. The molecule has 0 aliphatic rings. The zero-order valence-corrected chi connectivity index (χ0v) is 9.31. The Bertz CT molecular complexity index is 500. The molecule has 1 aromatic carbocycles. The molecule has 0 spiro atoms. The Labute approximate surface area is 93.8 Å². The van der Waals surface area contributed by atoms with Crippen molar-refractivity contribution in [1.82, 2.24) is 4.98 Å². The molecule has 2 aromatic rings. The van der Waals surface area contributed by atoms with E-state index >= 15 is 0 Å². The van der Waals surface area contributed by atoms with E-state index in [0.717, 1.165) is 22.7 Å². The van der Waals surface area contributed by atoms with Crippen molar-refractivity contribution < 1.29 is 4.92 Å². The van der Waals surface area contributed by atoms with Gasteiger partial charge in [-0.2, -0.15) is 0 Å². The van der Waals surface area contributed by atoms with Crippen LogP contribution in [0.15, 0.2) is 36.7 Å². The van der Waals surface area contributed by atoms with Crippen LogP contribution in [-0.2, 0) is 0 Å².